The predicted octanol–water partition coefficient (Wildman–Crippen LogP) is 1.05. The zero-order chi connectivity index (χ0) is 6.69. The van der Waals surface area contributed by atoms with Crippen molar-refractivity contribution < 1.29 is 4.74 Å². The SMILES string of the molecule is CO[C@@H]1CNCC[C@H]1C.Cl. The number of methoxy groups -OCH3 is 1. The van der Waals surface area contributed by atoms with Gasteiger partial charge in [-0.25, -0.2) is 0 Å². The van der Waals surface area contributed by atoms with Crippen molar-refractivity contribution in [1.82, 2.24) is 5.32 Å². The summed E-state index contributed by atoms with van der Waals surface area (Å²) >= 11 is 0. The molecule has 1 heterocycles. The van der Waals surface area contributed by atoms with Gasteiger partial charge in [-0.05, 0) is 18.9 Å². The Labute approximate surface area is 68.7 Å². The van der Waals surface area contributed by atoms with Gasteiger partial charge in [0, 0.05) is 13.7 Å². The van der Waals surface area contributed by atoms with Gasteiger partial charge in [0.25, 0.3) is 0 Å². The van der Waals surface area contributed by atoms with Crippen LogP contribution in [0, 0.1) is 5.92 Å². The monoisotopic (exact) mass is 165 g/mol. The van der Waals surface area contributed by atoms with E-state index >= 15 is 0 Å². The van der Waals surface area contributed by atoms with E-state index < -0.39 is 0 Å². The standard InChI is InChI=1S/C7H15NO.ClH/c1-6-3-4-8-5-7(6)9-2;/h6-8H,3-5H2,1-2H3;1H/t6-,7-;/m1./s1. The van der Waals surface area contributed by atoms with Gasteiger partial charge in [-0.3, -0.25) is 0 Å². The molecule has 0 radical (unpaired) electrons. The summed E-state index contributed by atoms with van der Waals surface area (Å²) in [6.07, 6.45) is 1.69. The molecule has 0 aromatic rings. The van der Waals surface area contributed by atoms with Crippen molar-refractivity contribution in [3.8, 4) is 0 Å². The molecule has 1 aliphatic rings. The van der Waals surface area contributed by atoms with Gasteiger partial charge in [0.2, 0.25) is 0 Å². The minimum Gasteiger partial charge on any atom is -0.380 e. The first-order valence-electron chi connectivity index (χ1n) is 3.58. The summed E-state index contributed by atoms with van der Waals surface area (Å²) in [6, 6.07) is 0. The van der Waals surface area contributed by atoms with Crippen LogP contribution in [0.5, 0.6) is 0 Å². The minimum atomic E-state index is 0. The Morgan fingerprint density at radius 2 is 2.20 bits per heavy atom. The zero-order valence-electron chi connectivity index (χ0n) is 6.59. The highest BCUT2D eigenvalue weighted by Gasteiger charge is 2.19. The zero-order valence-corrected chi connectivity index (χ0v) is 7.41. The van der Waals surface area contributed by atoms with E-state index in [1.54, 1.807) is 7.11 Å². The van der Waals surface area contributed by atoms with Crippen LogP contribution in [0.3, 0.4) is 0 Å². The van der Waals surface area contributed by atoms with Crippen molar-refractivity contribution >= 4 is 12.4 Å². The summed E-state index contributed by atoms with van der Waals surface area (Å²) in [7, 11) is 1.79. The van der Waals surface area contributed by atoms with Gasteiger partial charge >= 0.3 is 0 Å². The second kappa shape index (κ2) is 4.94. The second-order valence-electron chi connectivity index (χ2n) is 2.74. The molecule has 10 heavy (non-hydrogen) atoms. The lowest BCUT2D eigenvalue weighted by atomic mass is 9.97. The molecule has 0 spiro atoms. The van der Waals surface area contributed by atoms with Crippen LogP contribution < -0.4 is 5.32 Å². The van der Waals surface area contributed by atoms with Crippen molar-refractivity contribution in [2.24, 2.45) is 5.92 Å². The lowest BCUT2D eigenvalue weighted by molar-refractivity contribution is 0.0413. The Balaban J connectivity index is 0.000000810. The summed E-state index contributed by atoms with van der Waals surface area (Å²) in [5.74, 6) is 0.733. The molecule has 0 saturated carbocycles. The average molecular weight is 166 g/mol. The average Bonchev–Trinajstić information content (AvgIpc) is 1.89. The Morgan fingerprint density at radius 1 is 1.50 bits per heavy atom. The predicted molar refractivity (Wildman–Crippen MR) is 44.7 cm³/mol. The van der Waals surface area contributed by atoms with Crippen molar-refractivity contribution in [3.05, 3.63) is 0 Å². The Bertz CT molecular complexity index is 89.7. The third-order valence-electron chi connectivity index (χ3n) is 2.06. The lowest BCUT2D eigenvalue weighted by Crippen LogP contribution is -2.40. The molecule has 0 aromatic carbocycles. The summed E-state index contributed by atoms with van der Waals surface area (Å²) < 4.78 is 5.24. The van der Waals surface area contributed by atoms with Crippen molar-refractivity contribution in [3.63, 3.8) is 0 Å². The van der Waals surface area contributed by atoms with Gasteiger partial charge in [0.05, 0.1) is 6.10 Å². The second-order valence-corrected chi connectivity index (χ2v) is 2.74. The van der Waals surface area contributed by atoms with Crippen LogP contribution in [0.1, 0.15) is 13.3 Å². The highest BCUT2D eigenvalue weighted by atomic mass is 35.5. The summed E-state index contributed by atoms with van der Waals surface area (Å²) in [4.78, 5) is 0. The lowest BCUT2D eigenvalue weighted by Gasteiger charge is -2.27. The number of hydrogen-bond acceptors (Lipinski definition) is 2. The maximum atomic E-state index is 5.24. The molecule has 62 valence electrons. The number of hydrogen-bond donors (Lipinski definition) is 1. The summed E-state index contributed by atoms with van der Waals surface area (Å²) in [6.45, 7) is 4.42. The molecule has 0 aliphatic carbocycles. The number of rotatable bonds is 1. The third-order valence-corrected chi connectivity index (χ3v) is 2.06. The first-order chi connectivity index (χ1) is 4.34. The Hall–Kier alpha value is 0.210. The van der Waals surface area contributed by atoms with Crippen LogP contribution in [0.2, 0.25) is 0 Å². The van der Waals surface area contributed by atoms with Crippen LogP contribution >= 0.6 is 12.4 Å². The van der Waals surface area contributed by atoms with E-state index in [0.717, 1.165) is 19.0 Å². The van der Waals surface area contributed by atoms with E-state index in [-0.39, 0.29) is 12.4 Å². The maximum absolute atomic E-state index is 5.24. The van der Waals surface area contributed by atoms with Gasteiger partial charge in [-0.15, -0.1) is 12.4 Å². The van der Waals surface area contributed by atoms with Gasteiger partial charge in [0.1, 0.15) is 0 Å². The highest BCUT2D eigenvalue weighted by molar-refractivity contribution is 5.85. The van der Waals surface area contributed by atoms with Gasteiger partial charge in [-0.2, -0.15) is 0 Å². The van der Waals surface area contributed by atoms with E-state index in [9.17, 15) is 0 Å². The van der Waals surface area contributed by atoms with E-state index in [2.05, 4.69) is 12.2 Å². The van der Waals surface area contributed by atoms with Crippen LogP contribution in [-0.4, -0.2) is 26.3 Å². The molecule has 2 atom stereocenters. The molecule has 1 fully saturated rings. The fourth-order valence-electron chi connectivity index (χ4n) is 1.28. The van der Waals surface area contributed by atoms with E-state index in [4.69, 9.17) is 4.74 Å². The topological polar surface area (TPSA) is 21.3 Å². The van der Waals surface area contributed by atoms with Gasteiger partial charge in [-0.1, -0.05) is 6.92 Å². The molecular weight excluding hydrogens is 150 g/mol. The fraction of sp³-hybridized carbons (Fsp3) is 1.00. The van der Waals surface area contributed by atoms with Gasteiger partial charge in [0.15, 0.2) is 0 Å². The van der Waals surface area contributed by atoms with Crippen LogP contribution in [0.4, 0.5) is 0 Å². The molecule has 0 amide bonds. The van der Waals surface area contributed by atoms with Gasteiger partial charge < -0.3 is 10.1 Å². The maximum Gasteiger partial charge on any atom is 0.0721 e. The molecule has 1 saturated heterocycles. The van der Waals surface area contributed by atoms with E-state index in [1.807, 2.05) is 0 Å². The quantitative estimate of drug-likeness (QED) is 0.628. The van der Waals surface area contributed by atoms with Crippen LogP contribution in [0.15, 0.2) is 0 Å². The molecule has 0 aromatic heterocycles. The van der Waals surface area contributed by atoms with E-state index in [1.165, 1.54) is 6.42 Å². The normalized spacial score (nSPS) is 33.0. The first kappa shape index (κ1) is 10.2. The van der Waals surface area contributed by atoms with Crippen LogP contribution in [-0.2, 0) is 4.74 Å². The molecule has 2 nitrogen and oxygen atoms in total. The molecule has 1 aliphatic heterocycles. The molecule has 1 rings (SSSR count). The molecule has 0 unspecified atom stereocenters. The minimum absolute atomic E-state index is 0. The largest absolute Gasteiger partial charge is 0.380 e. The summed E-state index contributed by atoms with van der Waals surface area (Å²) in [5, 5.41) is 3.29. The smallest absolute Gasteiger partial charge is 0.0721 e. The number of nitrogens with one attached hydrogen (secondary N) is 1. The highest BCUT2D eigenvalue weighted by Crippen LogP contribution is 2.12. The first-order valence-corrected chi connectivity index (χ1v) is 3.58. The van der Waals surface area contributed by atoms with Crippen molar-refractivity contribution in [2.75, 3.05) is 20.2 Å². The molecular formula is C7H16ClNO. The molecule has 3 heteroatoms. The Kier molecular flexibility index (Phi) is 5.04. The van der Waals surface area contributed by atoms with E-state index in [0.29, 0.717) is 6.10 Å². The van der Waals surface area contributed by atoms with Crippen LogP contribution in [0.25, 0.3) is 0 Å². The van der Waals surface area contributed by atoms with Crippen molar-refractivity contribution in [1.29, 1.82) is 0 Å². The molecule has 0 bridgehead atoms. The number of piperidine rings is 1. The molecule has 1 N–H and O–H groups in total. The fourth-order valence-corrected chi connectivity index (χ4v) is 1.28. The van der Waals surface area contributed by atoms with Crippen molar-refractivity contribution in [2.45, 2.75) is 19.4 Å². The Morgan fingerprint density at radius 3 is 2.60 bits per heavy atom. The number of halogens is 1. The third kappa shape index (κ3) is 2.45. The summed E-state index contributed by atoms with van der Waals surface area (Å²) in [5.41, 5.74) is 0. The number of ether oxygens (including phenoxy) is 1.